The van der Waals surface area contributed by atoms with E-state index in [1.165, 1.54) is 31.3 Å². The normalized spacial score (nSPS) is 11.5. The van der Waals surface area contributed by atoms with Gasteiger partial charge < -0.3 is 9.32 Å². The number of benzene rings is 9. The summed E-state index contributed by atoms with van der Waals surface area (Å²) in [6.07, 6.45) is 0. The van der Waals surface area contributed by atoms with Gasteiger partial charge in [-0.25, -0.2) is 0 Å². The zero-order valence-electron chi connectivity index (χ0n) is 31.0. The average molecular weight is 746 g/mol. The Labute approximate surface area is 335 Å². The fraction of sp³-hybridized carbons (Fsp3) is 0. The summed E-state index contributed by atoms with van der Waals surface area (Å²) in [7, 11) is 0. The molecular formula is C54H35NOS. The average Bonchev–Trinajstić information content (AvgIpc) is 3.86. The number of hydrogen-bond donors (Lipinski definition) is 0. The van der Waals surface area contributed by atoms with Crippen molar-refractivity contribution >= 4 is 70.5 Å². The van der Waals surface area contributed by atoms with Gasteiger partial charge >= 0.3 is 0 Å². The van der Waals surface area contributed by atoms with Gasteiger partial charge in [-0.1, -0.05) is 152 Å². The molecule has 0 N–H and O–H groups in total. The summed E-state index contributed by atoms with van der Waals surface area (Å²) < 4.78 is 9.55. The predicted molar refractivity (Wildman–Crippen MR) is 243 cm³/mol. The Bertz CT molecular complexity index is 3160. The van der Waals surface area contributed by atoms with Crippen LogP contribution >= 0.6 is 11.3 Å². The van der Waals surface area contributed by atoms with Crippen LogP contribution in [0.5, 0.6) is 0 Å². The molecule has 0 aliphatic heterocycles. The molecule has 0 saturated carbocycles. The Balaban J connectivity index is 1.18. The lowest BCUT2D eigenvalue weighted by atomic mass is 9.95. The molecule has 0 aliphatic carbocycles. The Kier molecular flexibility index (Phi) is 8.04. The van der Waals surface area contributed by atoms with Gasteiger partial charge in [-0.3, -0.25) is 0 Å². The van der Waals surface area contributed by atoms with Crippen molar-refractivity contribution in [2.24, 2.45) is 0 Å². The molecule has 2 aromatic heterocycles. The minimum absolute atomic E-state index is 0.850. The molecule has 0 atom stereocenters. The van der Waals surface area contributed by atoms with Crippen molar-refractivity contribution in [2.75, 3.05) is 4.90 Å². The standard InChI is InChI=1S/C54H35NOS/c1-4-14-36(15-5-1)41-32-42(37-16-6-2-7-17-37)34-44(33-41)55(43-27-24-38(25-28-43)40-26-31-52-49(35-40)47-21-11-13-23-51(47)57-52)53-45(39-18-8-3-9-19-39)29-30-48-46-20-10-12-22-50(46)56-54(48)53/h1-35H. The molecule has 0 fully saturated rings. The first-order valence-corrected chi connectivity index (χ1v) is 20.1. The number of thiophene rings is 1. The molecule has 11 aromatic rings. The molecule has 57 heavy (non-hydrogen) atoms. The summed E-state index contributed by atoms with van der Waals surface area (Å²) in [6.45, 7) is 0. The minimum atomic E-state index is 0.850. The van der Waals surface area contributed by atoms with E-state index < -0.39 is 0 Å². The van der Waals surface area contributed by atoms with Gasteiger partial charge in [0.25, 0.3) is 0 Å². The SMILES string of the molecule is c1ccc(-c2cc(-c3ccccc3)cc(N(c3ccc(-c4ccc5sc6ccccc6c5c4)cc3)c3c(-c4ccccc4)ccc4c3oc3ccccc34)c2)cc1. The summed E-state index contributed by atoms with van der Waals surface area (Å²) in [6, 6.07) is 76.4. The van der Waals surface area contributed by atoms with Crippen molar-refractivity contribution in [3.8, 4) is 44.5 Å². The van der Waals surface area contributed by atoms with Gasteiger partial charge in [0.15, 0.2) is 5.58 Å². The summed E-state index contributed by atoms with van der Waals surface area (Å²) in [5.74, 6) is 0. The van der Waals surface area contributed by atoms with E-state index in [1.807, 2.05) is 17.4 Å². The van der Waals surface area contributed by atoms with Crippen LogP contribution in [0.25, 0.3) is 86.6 Å². The topological polar surface area (TPSA) is 16.4 Å². The quantitative estimate of drug-likeness (QED) is 0.162. The first-order valence-electron chi connectivity index (χ1n) is 19.3. The summed E-state index contributed by atoms with van der Waals surface area (Å²) in [5, 5.41) is 4.79. The monoisotopic (exact) mass is 745 g/mol. The highest BCUT2D eigenvalue weighted by molar-refractivity contribution is 7.25. The largest absolute Gasteiger partial charge is 0.454 e. The number of anilines is 3. The number of hydrogen-bond acceptors (Lipinski definition) is 3. The number of rotatable bonds is 7. The van der Waals surface area contributed by atoms with Crippen LogP contribution in [0.2, 0.25) is 0 Å². The molecule has 2 nitrogen and oxygen atoms in total. The molecule has 0 spiro atoms. The second-order valence-corrected chi connectivity index (χ2v) is 15.6. The molecule has 9 aromatic carbocycles. The number of furan rings is 1. The maximum absolute atomic E-state index is 6.92. The molecule has 2 heterocycles. The minimum Gasteiger partial charge on any atom is -0.454 e. The number of para-hydroxylation sites is 1. The fourth-order valence-electron chi connectivity index (χ4n) is 8.30. The molecule has 0 amide bonds. The molecule has 0 radical (unpaired) electrons. The van der Waals surface area contributed by atoms with Crippen LogP contribution in [-0.2, 0) is 0 Å². The van der Waals surface area contributed by atoms with Crippen LogP contribution in [0.15, 0.2) is 217 Å². The van der Waals surface area contributed by atoms with Crippen LogP contribution in [0.3, 0.4) is 0 Å². The molecule has 268 valence electrons. The van der Waals surface area contributed by atoms with E-state index in [2.05, 4.69) is 211 Å². The van der Waals surface area contributed by atoms with Crippen LogP contribution < -0.4 is 4.90 Å². The van der Waals surface area contributed by atoms with Crippen molar-refractivity contribution in [3.63, 3.8) is 0 Å². The Morgan fingerprint density at radius 1 is 0.333 bits per heavy atom. The van der Waals surface area contributed by atoms with E-state index in [9.17, 15) is 0 Å². The first kappa shape index (κ1) is 33.2. The second-order valence-electron chi connectivity index (χ2n) is 14.5. The highest BCUT2D eigenvalue weighted by Crippen LogP contribution is 2.49. The summed E-state index contributed by atoms with van der Waals surface area (Å²) >= 11 is 1.85. The van der Waals surface area contributed by atoms with Crippen LogP contribution in [0.4, 0.5) is 17.1 Å². The third kappa shape index (κ3) is 5.88. The highest BCUT2D eigenvalue weighted by Gasteiger charge is 2.25. The third-order valence-corrected chi connectivity index (χ3v) is 12.2. The molecular weight excluding hydrogens is 711 g/mol. The third-order valence-electron chi connectivity index (χ3n) is 11.1. The lowest BCUT2D eigenvalue weighted by Gasteiger charge is -2.29. The zero-order chi connectivity index (χ0) is 37.7. The van der Waals surface area contributed by atoms with Gasteiger partial charge in [-0.05, 0) is 99.6 Å². The molecule has 0 bridgehead atoms. The van der Waals surface area contributed by atoms with Crippen molar-refractivity contribution < 1.29 is 4.42 Å². The van der Waals surface area contributed by atoms with E-state index in [1.54, 1.807) is 0 Å². The van der Waals surface area contributed by atoms with Crippen molar-refractivity contribution in [1.82, 2.24) is 0 Å². The van der Waals surface area contributed by atoms with E-state index in [0.717, 1.165) is 72.4 Å². The van der Waals surface area contributed by atoms with E-state index >= 15 is 0 Å². The summed E-state index contributed by atoms with van der Waals surface area (Å²) in [4.78, 5) is 2.41. The summed E-state index contributed by atoms with van der Waals surface area (Å²) in [5.41, 5.74) is 14.0. The van der Waals surface area contributed by atoms with Crippen LogP contribution in [-0.4, -0.2) is 0 Å². The second kappa shape index (κ2) is 13.8. The van der Waals surface area contributed by atoms with E-state index in [-0.39, 0.29) is 0 Å². The molecule has 11 rings (SSSR count). The van der Waals surface area contributed by atoms with Crippen molar-refractivity contribution in [3.05, 3.63) is 212 Å². The Morgan fingerprint density at radius 3 is 1.60 bits per heavy atom. The van der Waals surface area contributed by atoms with E-state index in [0.29, 0.717) is 0 Å². The first-order chi connectivity index (χ1) is 28.2. The molecule has 0 aliphatic rings. The lowest BCUT2D eigenvalue weighted by molar-refractivity contribution is 0.669. The maximum Gasteiger partial charge on any atom is 0.160 e. The molecule has 0 unspecified atom stereocenters. The van der Waals surface area contributed by atoms with Crippen molar-refractivity contribution in [2.45, 2.75) is 0 Å². The van der Waals surface area contributed by atoms with Gasteiger partial charge in [-0.2, -0.15) is 0 Å². The smallest absolute Gasteiger partial charge is 0.160 e. The predicted octanol–water partition coefficient (Wildman–Crippen LogP) is 16.1. The Hall–Kier alpha value is -7.20. The van der Waals surface area contributed by atoms with E-state index in [4.69, 9.17) is 4.42 Å². The highest BCUT2D eigenvalue weighted by atomic mass is 32.1. The van der Waals surface area contributed by atoms with Gasteiger partial charge in [0, 0.05) is 47.9 Å². The van der Waals surface area contributed by atoms with Crippen molar-refractivity contribution in [1.29, 1.82) is 0 Å². The lowest BCUT2D eigenvalue weighted by Crippen LogP contribution is -2.12. The number of fused-ring (bicyclic) bond motifs is 6. The van der Waals surface area contributed by atoms with Gasteiger partial charge in [0.05, 0.1) is 5.69 Å². The fourth-order valence-corrected chi connectivity index (χ4v) is 9.38. The molecule has 0 saturated heterocycles. The Morgan fingerprint density at radius 2 is 0.895 bits per heavy atom. The van der Waals surface area contributed by atoms with Crippen LogP contribution in [0, 0.1) is 0 Å². The maximum atomic E-state index is 6.92. The van der Waals surface area contributed by atoms with Gasteiger partial charge in [0.2, 0.25) is 0 Å². The van der Waals surface area contributed by atoms with Crippen LogP contribution in [0.1, 0.15) is 0 Å². The van der Waals surface area contributed by atoms with Gasteiger partial charge in [-0.15, -0.1) is 11.3 Å². The number of nitrogens with zero attached hydrogens (tertiary/aromatic N) is 1. The van der Waals surface area contributed by atoms with Gasteiger partial charge in [0.1, 0.15) is 5.58 Å². The zero-order valence-corrected chi connectivity index (χ0v) is 31.8. The molecule has 3 heteroatoms.